The Bertz CT molecular complexity index is 194. The molecule has 0 saturated carbocycles. The molecule has 0 aliphatic carbocycles. The fourth-order valence-electron chi connectivity index (χ4n) is 1.03. The Morgan fingerprint density at radius 3 is 1.59 bits per heavy atom. The average molecular weight is 248 g/mol. The zero-order valence-corrected chi connectivity index (χ0v) is 11.9. The summed E-state index contributed by atoms with van der Waals surface area (Å²) in [4.78, 5) is 10.0. The van der Waals surface area contributed by atoms with Gasteiger partial charge in [0.2, 0.25) is 0 Å². The van der Waals surface area contributed by atoms with Gasteiger partial charge in [-0.25, -0.2) is 0 Å². The van der Waals surface area contributed by atoms with Crippen molar-refractivity contribution in [1.82, 2.24) is 0 Å². The highest BCUT2D eigenvalue weighted by Gasteiger charge is 2.18. The first-order chi connectivity index (χ1) is 7.46. The van der Waals surface area contributed by atoms with Crippen LogP contribution in [0, 0.1) is 11.3 Å². The minimum Gasteiger partial charge on any atom is -0.481 e. The molecule has 0 bridgehead atoms. The van der Waals surface area contributed by atoms with Crippen molar-refractivity contribution in [3.05, 3.63) is 0 Å². The molecule has 17 heavy (non-hydrogen) atoms. The minimum atomic E-state index is -0.757. The zero-order chi connectivity index (χ0) is 14.2. The summed E-state index contributed by atoms with van der Waals surface area (Å²) in [6, 6.07) is 0. The van der Waals surface area contributed by atoms with E-state index in [1.54, 1.807) is 27.7 Å². The van der Waals surface area contributed by atoms with Crippen LogP contribution in [-0.2, 0) is 4.79 Å². The van der Waals surface area contributed by atoms with E-state index in [9.17, 15) is 9.90 Å². The van der Waals surface area contributed by atoms with E-state index in [0.29, 0.717) is 12.3 Å². The van der Waals surface area contributed by atoms with Crippen molar-refractivity contribution in [1.29, 1.82) is 0 Å². The van der Waals surface area contributed by atoms with E-state index in [1.807, 2.05) is 0 Å². The smallest absolute Gasteiger partial charge is 0.308 e. The second-order valence-corrected chi connectivity index (χ2v) is 5.92. The van der Waals surface area contributed by atoms with Crippen LogP contribution in [-0.4, -0.2) is 33.5 Å². The van der Waals surface area contributed by atoms with Gasteiger partial charge >= 0.3 is 5.97 Å². The Morgan fingerprint density at radius 1 is 1.06 bits per heavy atom. The number of carbonyl (C=O) groups is 1. The van der Waals surface area contributed by atoms with E-state index in [-0.39, 0.29) is 12.2 Å². The van der Waals surface area contributed by atoms with Gasteiger partial charge < -0.3 is 15.3 Å². The summed E-state index contributed by atoms with van der Waals surface area (Å²) in [6.07, 6.45) is 0.567. The third-order valence-corrected chi connectivity index (χ3v) is 2.00. The maximum absolute atomic E-state index is 10.0. The quantitative estimate of drug-likeness (QED) is 0.713. The number of carboxylic acids is 1. The summed E-state index contributed by atoms with van der Waals surface area (Å²) >= 11 is 0. The van der Waals surface area contributed by atoms with Gasteiger partial charge in [-0.15, -0.1) is 0 Å². The fourth-order valence-corrected chi connectivity index (χ4v) is 1.03. The van der Waals surface area contributed by atoms with Gasteiger partial charge in [-0.1, -0.05) is 13.8 Å². The third kappa shape index (κ3) is 15.4. The third-order valence-electron chi connectivity index (χ3n) is 2.00. The van der Waals surface area contributed by atoms with E-state index in [0.717, 1.165) is 6.42 Å². The number of carboxylic acid groups (broad SMARTS) is 1. The Labute approximate surface area is 105 Å². The van der Waals surface area contributed by atoms with Gasteiger partial charge in [0.15, 0.2) is 0 Å². The predicted molar refractivity (Wildman–Crippen MR) is 68.9 cm³/mol. The van der Waals surface area contributed by atoms with Crippen molar-refractivity contribution in [3.63, 3.8) is 0 Å². The highest BCUT2D eigenvalue weighted by atomic mass is 16.4. The average Bonchev–Trinajstić information content (AvgIpc) is 1.98. The molecule has 0 spiro atoms. The van der Waals surface area contributed by atoms with E-state index in [2.05, 4.69) is 13.8 Å². The monoisotopic (exact) mass is 248 g/mol. The van der Waals surface area contributed by atoms with Crippen LogP contribution in [0.25, 0.3) is 0 Å². The molecule has 4 heteroatoms. The molecule has 0 saturated heterocycles. The maximum atomic E-state index is 10.0. The van der Waals surface area contributed by atoms with Crippen molar-refractivity contribution in [3.8, 4) is 0 Å². The molecule has 3 N–H and O–H groups in total. The molecule has 0 radical (unpaired) electrons. The molecule has 0 aromatic heterocycles. The zero-order valence-electron chi connectivity index (χ0n) is 11.9. The Morgan fingerprint density at radius 2 is 1.41 bits per heavy atom. The van der Waals surface area contributed by atoms with Crippen LogP contribution in [0.3, 0.4) is 0 Å². The van der Waals surface area contributed by atoms with Crippen molar-refractivity contribution < 1.29 is 20.1 Å². The molecule has 0 heterocycles. The molecule has 0 fully saturated rings. The molecule has 104 valence electrons. The van der Waals surface area contributed by atoms with E-state index in [4.69, 9.17) is 10.2 Å². The van der Waals surface area contributed by atoms with Gasteiger partial charge in [-0.2, -0.15) is 0 Å². The number of aliphatic carboxylic acids is 1. The normalized spacial score (nSPS) is 14.9. The van der Waals surface area contributed by atoms with Gasteiger partial charge in [-0.3, -0.25) is 4.79 Å². The summed E-state index contributed by atoms with van der Waals surface area (Å²) in [5.41, 5.74) is -0.583. The van der Waals surface area contributed by atoms with Gasteiger partial charge in [-0.05, 0) is 46.5 Å². The van der Waals surface area contributed by atoms with E-state index < -0.39 is 11.4 Å². The number of hydrogen-bond acceptors (Lipinski definition) is 3. The fraction of sp³-hybridized carbons (Fsp3) is 0.923. The Balaban J connectivity index is 0. The molecule has 2 atom stereocenters. The number of rotatable bonds is 4. The SMILES string of the molecule is CC(C)(C)C(=O)O.CC(C)CC(O)CC(C)O. The van der Waals surface area contributed by atoms with E-state index in [1.165, 1.54) is 0 Å². The summed E-state index contributed by atoms with van der Waals surface area (Å²) in [7, 11) is 0. The van der Waals surface area contributed by atoms with Crippen LogP contribution in [0.2, 0.25) is 0 Å². The van der Waals surface area contributed by atoms with Gasteiger partial charge in [0.25, 0.3) is 0 Å². The first-order valence-corrected chi connectivity index (χ1v) is 6.06. The maximum Gasteiger partial charge on any atom is 0.308 e. The summed E-state index contributed by atoms with van der Waals surface area (Å²) in [5, 5.41) is 26.4. The first-order valence-electron chi connectivity index (χ1n) is 6.06. The molecule has 2 unspecified atom stereocenters. The second-order valence-electron chi connectivity index (χ2n) is 5.92. The topological polar surface area (TPSA) is 77.8 Å². The molecule has 4 nitrogen and oxygen atoms in total. The molecule has 0 aromatic rings. The summed E-state index contributed by atoms with van der Waals surface area (Å²) in [6.45, 7) is 10.8. The van der Waals surface area contributed by atoms with Crippen LogP contribution in [0.5, 0.6) is 0 Å². The minimum absolute atomic E-state index is 0.333. The van der Waals surface area contributed by atoms with Crippen molar-refractivity contribution in [2.75, 3.05) is 0 Å². The molecular formula is C13H28O4. The number of aliphatic hydroxyl groups is 2. The molecule has 0 amide bonds. The van der Waals surface area contributed by atoms with Crippen LogP contribution in [0.15, 0.2) is 0 Å². The lowest BCUT2D eigenvalue weighted by atomic mass is 9.98. The highest BCUT2D eigenvalue weighted by molar-refractivity contribution is 5.72. The molecule has 0 aliphatic rings. The van der Waals surface area contributed by atoms with Crippen molar-refractivity contribution in [2.45, 2.75) is 66.6 Å². The number of hydrogen-bond donors (Lipinski definition) is 3. The van der Waals surface area contributed by atoms with Crippen molar-refractivity contribution in [2.24, 2.45) is 11.3 Å². The van der Waals surface area contributed by atoms with E-state index >= 15 is 0 Å². The van der Waals surface area contributed by atoms with Crippen LogP contribution < -0.4 is 0 Å². The molecule has 0 rings (SSSR count). The van der Waals surface area contributed by atoms with Gasteiger partial charge in [0.1, 0.15) is 0 Å². The van der Waals surface area contributed by atoms with Crippen LogP contribution in [0.1, 0.15) is 54.4 Å². The molecule has 0 aliphatic heterocycles. The van der Waals surface area contributed by atoms with Crippen molar-refractivity contribution >= 4 is 5.97 Å². The number of aliphatic hydroxyl groups excluding tert-OH is 2. The van der Waals surface area contributed by atoms with Crippen LogP contribution >= 0.6 is 0 Å². The highest BCUT2D eigenvalue weighted by Crippen LogP contribution is 2.11. The first kappa shape index (κ1) is 18.7. The summed E-state index contributed by atoms with van der Waals surface area (Å²) < 4.78 is 0. The second kappa shape index (κ2) is 8.48. The standard InChI is InChI=1S/C8H18O2.C5H10O2/c1-6(2)4-8(10)5-7(3)9;1-5(2,3)4(6)7/h6-10H,4-5H2,1-3H3;1-3H3,(H,6,7). The van der Waals surface area contributed by atoms with Crippen LogP contribution in [0.4, 0.5) is 0 Å². The molecular weight excluding hydrogens is 220 g/mol. The predicted octanol–water partition coefficient (Wildman–Crippen LogP) is 2.28. The lowest BCUT2D eigenvalue weighted by Crippen LogP contribution is -2.18. The largest absolute Gasteiger partial charge is 0.481 e. The lowest BCUT2D eigenvalue weighted by molar-refractivity contribution is -0.145. The Kier molecular flexibility index (Phi) is 9.35. The van der Waals surface area contributed by atoms with Gasteiger partial charge in [0.05, 0.1) is 17.6 Å². The summed E-state index contributed by atoms with van der Waals surface area (Å²) in [5.74, 6) is -0.249. The molecule has 0 aromatic carbocycles. The lowest BCUT2D eigenvalue weighted by Gasteiger charge is -2.13. The van der Waals surface area contributed by atoms with Gasteiger partial charge in [0, 0.05) is 0 Å². The Hall–Kier alpha value is -0.610.